The molecule has 3 nitrogen and oxygen atoms in total. The first-order valence-electron chi connectivity index (χ1n) is 4.60. The van der Waals surface area contributed by atoms with Crippen LogP contribution in [0.1, 0.15) is 27.0 Å². The largest absolute Gasteiger partial charge is 0.292 e. The van der Waals surface area contributed by atoms with Crippen molar-refractivity contribution in [1.82, 2.24) is 0 Å². The molecule has 0 saturated heterocycles. The van der Waals surface area contributed by atoms with Crippen molar-refractivity contribution in [1.29, 1.82) is 0 Å². The molecule has 1 aliphatic carbocycles. The summed E-state index contributed by atoms with van der Waals surface area (Å²) in [4.78, 5) is 22.0. The number of carbonyl (C=O) groups excluding carboxylic acids is 1. The Bertz CT molecular complexity index is 424. The third-order valence-electron chi connectivity index (χ3n) is 2.83. The third-order valence-corrected chi connectivity index (χ3v) is 2.83. The molecule has 0 aromatic heterocycles. The average Bonchev–Trinajstić information content (AvgIpc) is 2.45. The minimum atomic E-state index is -0.689. The van der Waals surface area contributed by atoms with Crippen molar-refractivity contribution in [2.24, 2.45) is 5.18 Å². The fourth-order valence-electron chi connectivity index (χ4n) is 1.84. The highest BCUT2D eigenvalue weighted by Crippen LogP contribution is 2.26. The monoisotopic (exact) mass is 189 g/mol. The molecule has 72 valence electrons. The molecule has 0 aliphatic heterocycles. The minimum absolute atomic E-state index is 0.127. The second-order valence-electron chi connectivity index (χ2n) is 3.78. The van der Waals surface area contributed by atoms with E-state index in [-0.39, 0.29) is 5.78 Å². The van der Waals surface area contributed by atoms with Gasteiger partial charge in [0.1, 0.15) is 0 Å². The number of hydrogen-bond donors (Lipinski definition) is 0. The van der Waals surface area contributed by atoms with Crippen LogP contribution in [0.25, 0.3) is 0 Å². The molecular formula is C11H11NO2. The van der Waals surface area contributed by atoms with Crippen LogP contribution in [-0.4, -0.2) is 11.8 Å². The third kappa shape index (κ3) is 1.16. The van der Waals surface area contributed by atoms with Gasteiger partial charge in [0.25, 0.3) is 0 Å². The fourth-order valence-corrected chi connectivity index (χ4v) is 1.84. The number of ketones is 1. The lowest BCUT2D eigenvalue weighted by molar-refractivity contribution is 0.0975. The molecule has 3 heteroatoms. The van der Waals surface area contributed by atoms with E-state index in [0.717, 1.165) is 16.7 Å². The maximum atomic E-state index is 11.6. The van der Waals surface area contributed by atoms with Gasteiger partial charge >= 0.3 is 0 Å². The van der Waals surface area contributed by atoms with Gasteiger partial charge in [-0.15, -0.1) is 0 Å². The summed E-state index contributed by atoms with van der Waals surface area (Å²) in [6.07, 6.45) is 0.471. The van der Waals surface area contributed by atoms with Gasteiger partial charge in [-0.3, -0.25) is 4.79 Å². The second-order valence-corrected chi connectivity index (χ2v) is 3.78. The van der Waals surface area contributed by atoms with Gasteiger partial charge in [-0.25, -0.2) is 0 Å². The Morgan fingerprint density at radius 3 is 2.57 bits per heavy atom. The van der Waals surface area contributed by atoms with Gasteiger partial charge in [0.2, 0.25) is 0 Å². The van der Waals surface area contributed by atoms with E-state index in [2.05, 4.69) is 5.18 Å². The van der Waals surface area contributed by atoms with Gasteiger partial charge in [-0.1, -0.05) is 11.2 Å². The highest BCUT2D eigenvalue weighted by molar-refractivity contribution is 6.04. The number of nitrogens with zero attached hydrogens (tertiary/aromatic N) is 1. The Hall–Kier alpha value is -1.51. The smallest absolute Gasteiger partial charge is 0.191 e. The lowest BCUT2D eigenvalue weighted by atomic mass is 10.0. The van der Waals surface area contributed by atoms with E-state index in [0.29, 0.717) is 12.0 Å². The molecule has 0 saturated carbocycles. The van der Waals surface area contributed by atoms with Gasteiger partial charge in [-0.05, 0) is 36.6 Å². The normalized spacial score (nSPS) is 19.6. The Morgan fingerprint density at radius 2 is 1.93 bits per heavy atom. The summed E-state index contributed by atoms with van der Waals surface area (Å²) in [5.41, 5.74) is 3.88. The van der Waals surface area contributed by atoms with E-state index in [9.17, 15) is 9.70 Å². The Balaban J connectivity index is 2.54. The highest BCUT2D eigenvalue weighted by Gasteiger charge is 2.31. The zero-order valence-electron chi connectivity index (χ0n) is 8.20. The Morgan fingerprint density at radius 1 is 1.29 bits per heavy atom. The maximum Gasteiger partial charge on any atom is 0.191 e. The SMILES string of the molecule is Cc1cc2c(cc1C)C(=O)C(N=O)C2. The van der Waals surface area contributed by atoms with Crippen LogP contribution in [0.5, 0.6) is 0 Å². The molecule has 0 fully saturated rings. The van der Waals surface area contributed by atoms with Crippen molar-refractivity contribution in [3.8, 4) is 0 Å². The quantitative estimate of drug-likeness (QED) is 0.635. The Kier molecular flexibility index (Phi) is 1.95. The van der Waals surface area contributed by atoms with E-state index in [1.165, 1.54) is 0 Å². The van der Waals surface area contributed by atoms with E-state index in [4.69, 9.17) is 0 Å². The molecule has 2 rings (SSSR count). The van der Waals surface area contributed by atoms with Gasteiger partial charge in [0.05, 0.1) is 0 Å². The number of Topliss-reactive ketones (excluding diaryl/α,β-unsaturated/α-hetero) is 1. The number of hydrogen-bond acceptors (Lipinski definition) is 3. The van der Waals surface area contributed by atoms with Crippen LogP contribution in [0.3, 0.4) is 0 Å². The Labute approximate surface area is 82.1 Å². The number of carbonyl (C=O) groups is 1. The number of rotatable bonds is 1. The lowest BCUT2D eigenvalue weighted by Crippen LogP contribution is -2.11. The van der Waals surface area contributed by atoms with E-state index < -0.39 is 6.04 Å². The van der Waals surface area contributed by atoms with Gasteiger partial charge in [0, 0.05) is 12.0 Å². The fraction of sp³-hybridized carbons (Fsp3) is 0.364. The molecule has 1 unspecified atom stereocenters. The van der Waals surface area contributed by atoms with Crippen LogP contribution in [0, 0.1) is 18.8 Å². The van der Waals surface area contributed by atoms with E-state index in [1.54, 1.807) is 0 Å². The number of benzene rings is 1. The van der Waals surface area contributed by atoms with E-state index in [1.807, 2.05) is 26.0 Å². The van der Waals surface area contributed by atoms with Gasteiger partial charge in [0.15, 0.2) is 11.8 Å². The molecule has 0 bridgehead atoms. The first-order chi connectivity index (χ1) is 6.63. The van der Waals surface area contributed by atoms with Crippen molar-refractivity contribution in [3.05, 3.63) is 39.3 Å². The molecule has 1 atom stereocenters. The summed E-state index contributed by atoms with van der Waals surface area (Å²) in [6, 6.07) is 3.15. The predicted octanol–water partition coefficient (Wildman–Crippen LogP) is 2.18. The molecular weight excluding hydrogens is 178 g/mol. The van der Waals surface area contributed by atoms with Crippen LogP contribution in [0.2, 0.25) is 0 Å². The van der Waals surface area contributed by atoms with Crippen molar-refractivity contribution in [2.45, 2.75) is 26.3 Å². The first-order valence-corrected chi connectivity index (χ1v) is 4.60. The van der Waals surface area contributed by atoms with Crippen molar-refractivity contribution in [3.63, 3.8) is 0 Å². The first kappa shape index (κ1) is 9.06. The van der Waals surface area contributed by atoms with E-state index >= 15 is 0 Å². The molecule has 0 amide bonds. The summed E-state index contributed by atoms with van der Waals surface area (Å²) < 4.78 is 0. The molecule has 0 radical (unpaired) electrons. The summed E-state index contributed by atoms with van der Waals surface area (Å²) in [6.45, 7) is 3.96. The van der Waals surface area contributed by atoms with Crippen LogP contribution in [0.4, 0.5) is 0 Å². The predicted molar refractivity (Wildman–Crippen MR) is 53.5 cm³/mol. The molecule has 1 aromatic carbocycles. The molecule has 14 heavy (non-hydrogen) atoms. The van der Waals surface area contributed by atoms with Crippen LogP contribution in [-0.2, 0) is 6.42 Å². The topological polar surface area (TPSA) is 46.5 Å². The van der Waals surface area contributed by atoms with Crippen LogP contribution < -0.4 is 0 Å². The second kappa shape index (κ2) is 3.01. The van der Waals surface area contributed by atoms with Crippen LogP contribution in [0.15, 0.2) is 17.3 Å². The number of nitroso groups, excluding NO2 is 1. The summed E-state index contributed by atoms with van der Waals surface area (Å²) in [5, 5.41) is 2.84. The van der Waals surface area contributed by atoms with Crippen molar-refractivity contribution >= 4 is 5.78 Å². The van der Waals surface area contributed by atoms with Crippen LogP contribution >= 0.6 is 0 Å². The zero-order chi connectivity index (χ0) is 10.3. The average molecular weight is 189 g/mol. The zero-order valence-corrected chi connectivity index (χ0v) is 8.20. The molecule has 1 aliphatic rings. The summed E-state index contributed by atoms with van der Waals surface area (Å²) in [5.74, 6) is -0.127. The maximum absolute atomic E-state index is 11.6. The minimum Gasteiger partial charge on any atom is -0.292 e. The molecule has 1 aromatic rings. The standard InChI is InChI=1S/C11H11NO2/c1-6-3-8-5-10(12-14)11(13)9(8)4-7(6)2/h3-4,10H,5H2,1-2H3. The highest BCUT2D eigenvalue weighted by atomic mass is 16.3. The lowest BCUT2D eigenvalue weighted by Gasteiger charge is -2.02. The summed E-state index contributed by atoms with van der Waals surface area (Å²) in [7, 11) is 0. The molecule has 0 N–H and O–H groups in total. The molecule has 0 heterocycles. The van der Waals surface area contributed by atoms with Gasteiger partial charge < -0.3 is 0 Å². The van der Waals surface area contributed by atoms with Crippen molar-refractivity contribution < 1.29 is 4.79 Å². The number of aryl methyl sites for hydroxylation is 2. The number of fused-ring (bicyclic) bond motifs is 1. The molecule has 0 spiro atoms. The summed E-state index contributed by atoms with van der Waals surface area (Å²) >= 11 is 0. The van der Waals surface area contributed by atoms with Gasteiger partial charge in [-0.2, -0.15) is 4.91 Å². The van der Waals surface area contributed by atoms with Crippen molar-refractivity contribution in [2.75, 3.05) is 0 Å².